The Kier molecular flexibility index (Phi) is 2.81. The van der Waals surface area contributed by atoms with Crippen molar-refractivity contribution < 1.29 is 9.63 Å². The Labute approximate surface area is 100 Å². The molecular formula is C13H16N2O2. The van der Waals surface area contributed by atoms with Gasteiger partial charge in [0, 0.05) is 6.20 Å². The van der Waals surface area contributed by atoms with Crippen LogP contribution < -0.4 is 5.48 Å². The van der Waals surface area contributed by atoms with Crippen LogP contribution in [0.1, 0.15) is 36.4 Å². The number of hydrogen-bond donors (Lipinski definition) is 1. The highest BCUT2D eigenvalue weighted by molar-refractivity contribution is 5.83. The maximum atomic E-state index is 11.9. The van der Waals surface area contributed by atoms with Crippen LogP contribution in [-0.2, 0) is 16.1 Å². The number of carbonyl (C=O) groups is 1. The maximum Gasteiger partial charge on any atom is 0.252 e. The van der Waals surface area contributed by atoms with Gasteiger partial charge in [-0.25, -0.2) is 5.48 Å². The fourth-order valence-electron chi connectivity index (χ4n) is 2.25. The third kappa shape index (κ3) is 2.31. The van der Waals surface area contributed by atoms with Crippen LogP contribution in [0.3, 0.4) is 0 Å². The lowest BCUT2D eigenvalue weighted by molar-refractivity contribution is -0.135. The number of rotatable bonds is 4. The fraction of sp³-hybridized carbons (Fsp3) is 0.538. The molecule has 1 aromatic heterocycles. The van der Waals surface area contributed by atoms with Crippen molar-refractivity contribution in [1.29, 1.82) is 0 Å². The van der Waals surface area contributed by atoms with Crippen molar-refractivity contribution in [2.45, 2.75) is 31.6 Å². The summed E-state index contributed by atoms with van der Waals surface area (Å²) in [4.78, 5) is 21.5. The molecule has 1 heterocycles. The quantitative estimate of drug-likeness (QED) is 0.802. The first-order valence-corrected chi connectivity index (χ1v) is 6.20. The van der Waals surface area contributed by atoms with Crippen molar-refractivity contribution in [2.24, 2.45) is 5.92 Å². The van der Waals surface area contributed by atoms with Gasteiger partial charge >= 0.3 is 0 Å². The number of amides is 1. The molecule has 1 saturated carbocycles. The largest absolute Gasteiger partial charge is 0.273 e. The van der Waals surface area contributed by atoms with Gasteiger partial charge in [0.1, 0.15) is 0 Å². The van der Waals surface area contributed by atoms with Gasteiger partial charge in [-0.05, 0) is 43.2 Å². The molecule has 1 N–H and O–H groups in total. The molecule has 0 bridgehead atoms. The first kappa shape index (κ1) is 10.7. The van der Waals surface area contributed by atoms with Crippen LogP contribution in [0, 0.1) is 5.92 Å². The van der Waals surface area contributed by atoms with Crippen LogP contribution in [0.25, 0.3) is 0 Å². The molecule has 4 heteroatoms. The van der Waals surface area contributed by atoms with E-state index in [-0.39, 0.29) is 11.8 Å². The second kappa shape index (κ2) is 4.45. The second-order valence-corrected chi connectivity index (χ2v) is 4.86. The van der Waals surface area contributed by atoms with Crippen molar-refractivity contribution in [3.63, 3.8) is 0 Å². The number of hydrogen-bond acceptors (Lipinski definition) is 3. The summed E-state index contributed by atoms with van der Waals surface area (Å²) < 4.78 is 0. The van der Waals surface area contributed by atoms with Crippen molar-refractivity contribution >= 4 is 5.91 Å². The number of aryl methyl sites for hydroxylation is 1. The summed E-state index contributed by atoms with van der Waals surface area (Å²) >= 11 is 0. The topological polar surface area (TPSA) is 51.2 Å². The van der Waals surface area contributed by atoms with Crippen LogP contribution in [0.4, 0.5) is 0 Å². The third-order valence-corrected chi connectivity index (χ3v) is 3.46. The van der Waals surface area contributed by atoms with E-state index in [2.05, 4.69) is 10.5 Å². The van der Waals surface area contributed by atoms with Gasteiger partial charge in [0.05, 0.1) is 18.2 Å². The second-order valence-electron chi connectivity index (χ2n) is 4.86. The summed E-state index contributed by atoms with van der Waals surface area (Å²) in [5, 5.41) is 0. The maximum absolute atomic E-state index is 11.9. The van der Waals surface area contributed by atoms with Crippen molar-refractivity contribution in [3.05, 3.63) is 29.6 Å². The highest BCUT2D eigenvalue weighted by Gasteiger charge is 2.30. The van der Waals surface area contributed by atoms with Gasteiger partial charge in [-0.3, -0.25) is 14.6 Å². The van der Waals surface area contributed by atoms with E-state index in [1.807, 2.05) is 12.1 Å². The zero-order chi connectivity index (χ0) is 11.7. The molecule has 2 aliphatic rings. The number of pyridine rings is 1. The Morgan fingerprint density at radius 1 is 1.47 bits per heavy atom. The molecule has 0 aliphatic heterocycles. The number of carbonyl (C=O) groups excluding carboxylic acids is 1. The Morgan fingerprint density at radius 3 is 3.18 bits per heavy atom. The molecule has 0 radical (unpaired) electrons. The van der Waals surface area contributed by atoms with Gasteiger partial charge in [0.15, 0.2) is 0 Å². The lowest BCUT2D eigenvalue weighted by Gasteiger charge is -2.11. The van der Waals surface area contributed by atoms with E-state index >= 15 is 0 Å². The van der Waals surface area contributed by atoms with Gasteiger partial charge in [-0.1, -0.05) is 6.07 Å². The zero-order valence-corrected chi connectivity index (χ0v) is 9.69. The fourth-order valence-corrected chi connectivity index (χ4v) is 2.25. The Morgan fingerprint density at radius 2 is 2.35 bits per heavy atom. The number of hydroxylamine groups is 1. The highest BCUT2D eigenvalue weighted by atomic mass is 16.7. The van der Waals surface area contributed by atoms with Crippen LogP contribution in [-0.4, -0.2) is 17.5 Å². The van der Waals surface area contributed by atoms with Gasteiger partial charge in [0.25, 0.3) is 5.91 Å². The van der Waals surface area contributed by atoms with Crippen LogP contribution in [0.2, 0.25) is 0 Å². The Hall–Kier alpha value is -1.42. The SMILES string of the molecule is O=C(NOCC1CC1)C1CCc2cccnc21. The standard InChI is InChI=1S/C13H16N2O2/c16-13(15-17-8-9-3-4-9)11-6-5-10-2-1-7-14-12(10)11/h1-2,7,9,11H,3-6,8H2,(H,15,16). The van der Waals surface area contributed by atoms with E-state index in [0.29, 0.717) is 12.5 Å². The molecule has 0 spiro atoms. The minimum atomic E-state index is -0.134. The summed E-state index contributed by atoms with van der Waals surface area (Å²) in [6.45, 7) is 0.646. The van der Waals surface area contributed by atoms with Gasteiger partial charge in [-0.2, -0.15) is 0 Å². The summed E-state index contributed by atoms with van der Waals surface area (Å²) in [6.07, 6.45) is 5.97. The molecular weight excluding hydrogens is 216 g/mol. The molecule has 3 rings (SSSR count). The van der Waals surface area contributed by atoms with E-state index < -0.39 is 0 Å². The molecule has 90 valence electrons. The molecule has 4 nitrogen and oxygen atoms in total. The van der Waals surface area contributed by atoms with E-state index in [1.165, 1.54) is 18.4 Å². The average molecular weight is 232 g/mol. The summed E-state index contributed by atoms with van der Waals surface area (Å²) in [5.41, 5.74) is 4.66. The number of fused-ring (bicyclic) bond motifs is 1. The number of aromatic nitrogens is 1. The van der Waals surface area contributed by atoms with Crippen molar-refractivity contribution in [1.82, 2.24) is 10.5 Å². The molecule has 2 aliphatic carbocycles. The summed E-state index contributed by atoms with van der Waals surface area (Å²) in [6, 6.07) is 3.96. The van der Waals surface area contributed by atoms with Gasteiger partial charge < -0.3 is 0 Å². The molecule has 1 amide bonds. The minimum absolute atomic E-state index is 0.0527. The van der Waals surface area contributed by atoms with E-state index in [4.69, 9.17) is 4.84 Å². The smallest absolute Gasteiger partial charge is 0.252 e. The Balaban J connectivity index is 1.58. The highest BCUT2D eigenvalue weighted by Crippen LogP contribution is 2.31. The van der Waals surface area contributed by atoms with Crippen LogP contribution in [0.5, 0.6) is 0 Å². The number of nitrogens with zero attached hydrogens (tertiary/aromatic N) is 1. The lowest BCUT2D eigenvalue weighted by Crippen LogP contribution is -2.29. The number of nitrogens with one attached hydrogen (secondary N) is 1. The summed E-state index contributed by atoms with van der Waals surface area (Å²) in [7, 11) is 0. The zero-order valence-electron chi connectivity index (χ0n) is 9.69. The predicted molar refractivity (Wildman–Crippen MR) is 62.1 cm³/mol. The molecule has 1 aromatic rings. The normalized spacial score (nSPS) is 22.2. The van der Waals surface area contributed by atoms with E-state index in [1.54, 1.807) is 6.20 Å². The lowest BCUT2D eigenvalue weighted by atomic mass is 10.1. The summed E-state index contributed by atoms with van der Waals surface area (Å²) in [5.74, 6) is 0.470. The molecule has 0 saturated heterocycles. The Bertz CT molecular complexity index is 429. The van der Waals surface area contributed by atoms with Crippen molar-refractivity contribution in [3.8, 4) is 0 Å². The molecule has 1 fully saturated rings. The van der Waals surface area contributed by atoms with Crippen molar-refractivity contribution in [2.75, 3.05) is 6.61 Å². The molecule has 17 heavy (non-hydrogen) atoms. The third-order valence-electron chi connectivity index (χ3n) is 3.46. The van der Waals surface area contributed by atoms with Gasteiger partial charge in [-0.15, -0.1) is 0 Å². The van der Waals surface area contributed by atoms with Crippen LogP contribution in [0.15, 0.2) is 18.3 Å². The minimum Gasteiger partial charge on any atom is -0.273 e. The molecule has 1 atom stereocenters. The average Bonchev–Trinajstić information content (AvgIpc) is 3.07. The molecule has 0 aromatic carbocycles. The first-order chi connectivity index (χ1) is 8.34. The first-order valence-electron chi connectivity index (χ1n) is 6.20. The van der Waals surface area contributed by atoms with E-state index in [0.717, 1.165) is 18.5 Å². The van der Waals surface area contributed by atoms with Crippen LogP contribution >= 0.6 is 0 Å². The van der Waals surface area contributed by atoms with Gasteiger partial charge in [0.2, 0.25) is 0 Å². The monoisotopic (exact) mass is 232 g/mol. The molecule has 1 unspecified atom stereocenters. The van der Waals surface area contributed by atoms with E-state index in [9.17, 15) is 4.79 Å². The predicted octanol–water partition coefficient (Wildman–Crippen LogP) is 1.57.